The molecule has 4 saturated carbocycles. The van der Waals surface area contributed by atoms with E-state index in [2.05, 4.69) is 63.2 Å². The van der Waals surface area contributed by atoms with E-state index < -0.39 is 9.84 Å². The van der Waals surface area contributed by atoms with Crippen molar-refractivity contribution in [2.45, 2.75) is 111 Å². The second-order valence-electron chi connectivity index (χ2n) is 19.4. The average molecular weight is 723 g/mol. The van der Waals surface area contributed by atoms with Crippen molar-refractivity contribution in [3.8, 4) is 0 Å². The quantitative estimate of drug-likeness (QED) is 0.119. The molecular formula is C42H66N4O4S. The number of piperidine rings is 1. The summed E-state index contributed by atoms with van der Waals surface area (Å²) in [6, 6.07) is 7.28. The van der Waals surface area contributed by atoms with Crippen LogP contribution in [0.3, 0.4) is 0 Å². The Morgan fingerprint density at radius 2 is 1.61 bits per heavy atom. The average Bonchev–Trinajstić information content (AvgIpc) is 3.45. The minimum absolute atomic E-state index is 0.0300. The molecular weight excluding hydrogens is 657 g/mol. The third-order valence-electron chi connectivity index (χ3n) is 17.0. The molecule has 7 rings (SSSR count). The number of rotatable bonds is 9. The molecule has 1 aromatic carbocycles. The topological polar surface area (TPSA) is 95.8 Å². The SMILES string of the molecule is C=C(C)[C@@H]1CCC2(CNCCCN3CCS(=O)(=O)CC3)CC[C@]3(C)[C@H](CC[C@@H]4[C@@]5(C)CCN(c6ccc([N+](=O)[O-])cc6)C(C)(C)[C@@H]5CC[C@]43C)[C@@H]12. The third-order valence-corrected chi connectivity index (χ3v) is 18.7. The van der Waals surface area contributed by atoms with E-state index in [4.69, 9.17) is 0 Å². The number of nitrogens with one attached hydrogen (secondary N) is 1. The molecule has 6 fully saturated rings. The summed E-state index contributed by atoms with van der Waals surface area (Å²) in [5.74, 6) is 3.92. The van der Waals surface area contributed by atoms with Gasteiger partial charge in [0.2, 0.25) is 0 Å². The van der Waals surface area contributed by atoms with Gasteiger partial charge in [-0.3, -0.25) is 10.1 Å². The van der Waals surface area contributed by atoms with E-state index in [0.717, 1.165) is 44.2 Å². The van der Waals surface area contributed by atoms with Crippen molar-refractivity contribution in [3.05, 3.63) is 46.5 Å². The summed E-state index contributed by atoms with van der Waals surface area (Å²) in [6.07, 6.45) is 12.7. The van der Waals surface area contributed by atoms with Gasteiger partial charge in [0.05, 0.1) is 16.4 Å². The highest BCUT2D eigenvalue weighted by atomic mass is 32.2. The first kappa shape index (κ1) is 37.3. The molecule has 1 aromatic rings. The van der Waals surface area contributed by atoms with Crippen LogP contribution in [-0.2, 0) is 9.84 Å². The lowest BCUT2D eigenvalue weighted by atomic mass is 9.33. The molecule has 0 amide bonds. The molecule has 4 aliphatic carbocycles. The fourth-order valence-electron chi connectivity index (χ4n) is 14.2. The van der Waals surface area contributed by atoms with E-state index in [1.807, 2.05) is 12.1 Å². The van der Waals surface area contributed by atoms with Gasteiger partial charge in [-0.25, -0.2) is 8.42 Å². The summed E-state index contributed by atoms with van der Waals surface area (Å²) in [6.45, 7) is 25.4. The van der Waals surface area contributed by atoms with Crippen LogP contribution < -0.4 is 10.2 Å². The molecule has 0 aromatic heterocycles. The molecule has 0 bridgehead atoms. The number of fused-ring (bicyclic) bond motifs is 7. The maximum Gasteiger partial charge on any atom is 0.269 e. The van der Waals surface area contributed by atoms with Crippen LogP contribution in [0.25, 0.3) is 0 Å². The van der Waals surface area contributed by atoms with Crippen LogP contribution in [0.15, 0.2) is 36.4 Å². The zero-order chi connectivity index (χ0) is 36.6. The summed E-state index contributed by atoms with van der Waals surface area (Å²) < 4.78 is 23.7. The Kier molecular flexibility index (Phi) is 9.60. The number of hydrogen-bond acceptors (Lipinski definition) is 7. The number of nitro groups is 1. The van der Waals surface area contributed by atoms with Crippen molar-refractivity contribution in [1.29, 1.82) is 0 Å². The Hall–Kier alpha value is -1.97. The van der Waals surface area contributed by atoms with Gasteiger partial charge in [-0.2, -0.15) is 0 Å². The first-order chi connectivity index (χ1) is 24.0. The van der Waals surface area contributed by atoms with Gasteiger partial charge in [0.1, 0.15) is 0 Å². The molecule has 2 heterocycles. The van der Waals surface area contributed by atoms with Crippen molar-refractivity contribution in [3.63, 3.8) is 0 Å². The van der Waals surface area contributed by atoms with E-state index in [0.29, 0.717) is 64.5 Å². The van der Waals surface area contributed by atoms with Crippen molar-refractivity contribution in [1.82, 2.24) is 10.2 Å². The Labute approximate surface area is 308 Å². The smallest absolute Gasteiger partial charge is 0.269 e. The second kappa shape index (κ2) is 13.1. The fraction of sp³-hybridized carbons (Fsp3) is 0.810. The molecule has 8 nitrogen and oxygen atoms in total. The van der Waals surface area contributed by atoms with Crippen molar-refractivity contribution >= 4 is 21.2 Å². The van der Waals surface area contributed by atoms with Crippen LogP contribution in [0, 0.1) is 61.4 Å². The number of nitrogens with zero attached hydrogens (tertiary/aromatic N) is 3. The highest BCUT2D eigenvalue weighted by molar-refractivity contribution is 7.91. The Morgan fingerprint density at radius 3 is 2.27 bits per heavy atom. The van der Waals surface area contributed by atoms with Gasteiger partial charge in [0, 0.05) is 49.5 Å². The van der Waals surface area contributed by atoms with Crippen LogP contribution in [0.1, 0.15) is 106 Å². The normalized spacial score (nSPS) is 41.5. The number of allylic oxidation sites excluding steroid dienone is 1. The minimum atomic E-state index is -2.83. The van der Waals surface area contributed by atoms with Gasteiger partial charge < -0.3 is 15.1 Å². The predicted molar refractivity (Wildman–Crippen MR) is 208 cm³/mol. The number of benzene rings is 1. The van der Waals surface area contributed by atoms with Crippen LogP contribution in [0.4, 0.5) is 11.4 Å². The number of non-ortho nitro benzene ring substituents is 1. The van der Waals surface area contributed by atoms with Crippen LogP contribution >= 0.6 is 0 Å². The van der Waals surface area contributed by atoms with Crippen molar-refractivity contribution < 1.29 is 13.3 Å². The lowest BCUT2D eigenvalue weighted by Gasteiger charge is -2.73. The van der Waals surface area contributed by atoms with Gasteiger partial charge in [0.25, 0.3) is 5.69 Å². The summed E-state index contributed by atoms with van der Waals surface area (Å²) in [4.78, 5) is 16.0. The van der Waals surface area contributed by atoms with Gasteiger partial charge in [-0.15, -0.1) is 0 Å². The number of anilines is 1. The van der Waals surface area contributed by atoms with Gasteiger partial charge >= 0.3 is 0 Å². The number of hydrogen-bond donors (Lipinski definition) is 1. The Morgan fingerprint density at radius 1 is 0.902 bits per heavy atom. The van der Waals surface area contributed by atoms with Crippen LogP contribution in [0.2, 0.25) is 0 Å². The first-order valence-electron chi connectivity index (χ1n) is 20.3. The van der Waals surface area contributed by atoms with E-state index in [-0.39, 0.29) is 21.6 Å². The Balaban J connectivity index is 1.08. The summed E-state index contributed by atoms with van der Waals surface area (Å²) in [5.41, 5.74) is 3.86. The molecule has 2 aliphatic heterocycles. The molecule has 0 spiro atoms. The molecule has 9 heteroatoms. The van der Waals surface area contributed by atoms with Crippen LogP contribution in [-0.4, -0.2) is 74.6 Å². The zero-order valence-corrected chi connectivity index (χ0v) is 33.3. The van der Waals surface area contributed by atoms with Crippen LogP contribution in [0.5, 0.6) is 0 Å². The monoisotopic (exact) mass is 722 g/mol. The zero-order valence-electron chi connectivity index (χ0n) is 32.5. The third kappa shape index (κ3) is 6.02. The Bertz CT molecular complexity index is 1600. The summed E-state index contributed by atoms with van der Waals surface area (Å²) in [7, 11) is -2.83. The largest absolute Gasteiger partial charge is 0.366 e. The lowest BCUT2D eigenvalue weighted by Crippen LogP contribution is -2.70. The molecule has 284 valence electrons. The summed E-state index contributed by atoms with van der Waals surface area (Å²) in [5, 5.41) is 15.3. The molecule has 51 heavy (non-hydrogen) atoms. The lowest BCUT2D eigenvalue weighted by molar-refractivity contribution is -0.384. The molecule has 1 N–H and O–H groups in total. The van der Waals surface area contributed by atoms with Gasteiger partial charge in [0.15, 0.2) is 9.84 Å². The molecule has 1 unspecified atom stereocenters. The van der Waals surface area contributed by atoms with E-state index in [1.165, 1.54) is 63.4 Å². The van der Waals surface area contributed by atoms with Gasteiger partial charge in [-0.05, 0) is 161 Å². The maximum atomic E-state index is 11.9. The standard InChI is InChI=1S/C42H66N4O4S/c1-30(2)33-15-18-42(29-43-22-8-23-44-25-27-51(49,50)28-26-44)20-19-40(6)34(37(33)42)13-14-36-39(5)21-24-45(31-9-11-32(12-10-31)46(47)48)38(3,4)35(39)16-17-41(36,40)7/h9-12,33-37,43H,1,8,13-29H2,2-7H3/t33-,34+,35-,36+,37+,39-,40+,41+,42?/m0/s1. The van der Waals surface area contributed by atoms with E-state index in [9.17, 15) is 18.5 Å². The molecule has 0 radical (unpaired) electrons. The number of nitro benzene ring substituents is 1. The van der Waals surface area contributed by atoms with Gasteiger partial charge in [-0.1, -0.05) is 32.9 Å². The van der Waals surface area contributed by atoms with Crippen molar-refractivity contribution in [2.24, 2.45) is 51.2 Å². The molecule has 6 aliphatic rings. The van der Waals surface area contributed by atoms with Crippen molar-refractivity contribution in [2.75, 3.05) is 55.7 Å². The first-order valence-corrected chi connectivity index (χ1v) is 22.1. The number of sulfone groups is 1. The maximum absolute atomic E-state index is 11.9. The molecule has 9 atom stereocenters. The highest BCUT2D eigenvalue weighted by Gasteiger charge is 2.70. The second-order valence-corrected chi connectivity index (χ2v) is 21.7. The predicted octanol–water partition coefficient (Wildman–Crippen LogP) is 8.13. The minimum Gasteiger partial charge on any atom is -0.366 e. The fourth-order valence-corrected chi connectivity index (χ4v) is 15.5. The van der Waals surface area contributed by atoms with E-state index >= 15 is 0 Å². The highest BCUT2D eigenvalue weighted by Crippen LogP contribution is 2.76. The van der Waals surface area contributed by atoms with E-state index in [1.54, 1.807) is 12.1 Å². The summed E-state index contributed by atoms with van der Waals surface area (Å²) >= 11 is 0. The molecule has 2 saturated heterocycles.